The van der Waals surface area contributed by atoms with Gasteiger partial charge in [0.25, 0.3) is 0 Å². The van der Waals surface area contributed by atoms with Crippen molar-refractivity contribution in [2.45, 2.75) is 13.8 Å². The molecule has 1 N–H and O–H groups in total. The normalized spacial score (nSPS) is 10.6. The van der Waals surface area contributed by atoms with Crippen LogP contribution in [-0.2, 0) is 9.53 Å². The Morgan fingerprint density at radius 2 is 1.88 bits per heavy atom. The Bertz CT molecular complexity index is 767. The molecule has 0 atom stereocenters. The van der Waals surface area contributed by atoms with Gasteiger partial charge in [-0.1, -0.05) is 29.8 Å². The Morgan fingerprint density at radius 1 is 1.17 bits per heavy atom. The van der Waals surface area contributed by atoms with Crippen LogP contribution in [0.1, 0.15) is 28.4 Å². The van der Waals surface area contributed by atoms with Crippen LogP contribution < -0.4 is 5.32 Å². The number of halogens is 1. The van der Waals surface area contributed by atoms with Crippen molar-refractivity contribution in [2.24, 2.45) is 0 Å². The molecule has 0 saturated carbocycles. The van der Waals surface area contributed by atoms with Gasteiger partial charge in [0.2, 0.25) is 5.91 Å². The van der Waals surface area contributed by atoms with Crippen molar-refractivity contribution in [3.8, 4) is 0 Å². The first-order valence-electron chi connectivity index (χ1n) is 7.52. The number of anilines is 1. The summed E-state index contributed by atoms with van der Waals surface area (Å²) in [6.07, 6.45) is 3.12. The Kier molecular flexibility index (Phi) is 6.15. The molecule has 2 aromatic carbocycles. The molecule has 0 aliphatic rings. The van der Waals surface area contributed by atoms with Gasteiger partial charge in [0.05, 0.1) is 12.2 Å². The molecule has 4 nitrogen and oxygen atoms in total. The zero-order valence-electron chi connectivity index (χ0n) is 13.5. The van der Waals surface area contributed by atoms with Gasteiger partial charge in [0.1, 0.15) is 0 Å². The Labute approximate surface area is 146 Å². The lowest BCUT2D eigenvalue weighted by molar-refractivity contribution is -0.111. The molecule has 0 unspecified atom stereocenters. The molecule has 0 aliphatic heterocycles. The van der Waals surface area contributed by atoms with E-state index in [4.69, 9.17) is 16.3 Å². The second kappa shape index (κ2) is 8.31. The summed E-state index contributed by atoms with van der Waals surface area (Å²) in [6.45, 7) is 3.82. The van der Waals surface area contributed by atoms with Crippen LogP contribution >= 0.6 is 11.6 Å². The molecule has 0 aromatic heterocycles. The van der Waals surface area contributed by atoms with Crippen LogP contribution in [0.15, 0.2) is 48.5 Å². The first kappa shape index (κ1) is 17.8. The SMILES string of the molecule is CCOC(=O)c1cccc(NC(=O)/C=C/c2ccc(Cl)cc2)c1C. The minimum atomic E-state index is -0.400. The third kappa shape index (κ3) is 4.70. The molecule has 0 aliphatic carbocycles. The highest BCUT2D eigenvalue weighted by Gasteiger charge is 2.13. The van der Waals surface area contributed by atoms with Crippen LogP contribution in [-0.4, -0.2) is 18.5 Å². The van der Waals surface area contributed by atoms with Crippen molar-refractivity contribution in [3.63, 3.8) is 0 Å². The summed E-state index contributed by atoms with van der Waals surface area (Å²) in [5.74, 6) is -0.683. The summed E-state index contributed by atoms with van der Waals surface area (Å²) in [5, 5.41) is 3.41. The molecular formula is C19H18ClNO3. The predicted molar refractivity (Wildman–Crippen MR) is 96.3 cm³/mol. The van der Waals surface area contributed by atoms with Gasteiger partial charge in [-0.2, -0.15) is 0 Å². The van der Waals surface area contributed by atoms with E-state index < -0.39 is 5.97 Å². The second-order valence-electron chi connectivity index (χ2n) is 5.07. The Hall–Kier alpha value is -2.59. The molecular weight excluding hydrogens is 326 g/mol. The van der Waals surface area contributed by atoms with Gasteiger partial charge in [-0.3, -0.25) is 4.79 Å². The predicted octanol–water partition coefficient (Wildman–Crippen LogP) is 4.48. The molecule has 2 aromatic rings. The van der Waals surface area contributed by atoms with Gasteiger partial charge >= 0.3 is 5.97 Å². The van der Waals surface area contributed by atoms with Crippen molar-refractivity contribution in [1.82, 2.24) is 0 Å². The number of nitrogens with one attached hydrogen (secondary N) is 1. The smallest absolute Gasteiger partial charge is 0.338 e. The van der Waals surface area contributed by atoms with Gasteiger partial charge in [0.15, 0.2) is 0 Å². The molecule has 24 heavy (non-hydrogen) atoms. The quantitative estimate of drug-likeness (QED) is 0.643. The van der Waals surface area contributed by atoms with Crippen LogP contribution in [0, 0.1) is 6.92 Å². The van der Waals surface area contributed by atoms with Crippen LogP contribution in [0.5, 0.6) is 0 Å². The molecule has 0 spiro atoms. The van der Waals surface area contributed by atoms with Crippen molar-refractivity contribution in [3.05, 3.63) is 70.3 Å². The molecule has 0 fully saturated rings. The molecule has 1 amide bonds. The molecule has 0 saturated heterocycles. The zero-order chi connectivity index (χ0) is 17.5. The summed E-state index contributed by atoms with van der Waals surface area (Å²) in [4.78, 5) is 24.0. The van der Waals surface area contributed by atoms with E-state index in [0.717, 1.165) is 5.56 Å². The maximum absolute atomic E-state index is 12.1. The van der Waals surface area contributed by atoms with Crippen molar-refractivity contribution in [2.75, 3.05) is 11.9 Å². The minimum Gasteiger partial charge on any atom is -0.462 e. The van der Waals surface area contributed by atoms with Crippen LogP contribution in [0.3, 0.4) is 0 Å². The van der Waals surface area contributed by atoms with Crippen LogP contribution in [0.4, 0.5) is 5.69 Å². The van der Waals surface area contributed by atoms with Crippen LogP contribution in [0.2, 0.25) is 5.02 Å². The van der Waals surface area contributed by atoms with E-state index in [-0.39, 0.29) is 5.91 Å². The minimum absolute atomic E-state index is 0.283. The lowest BCUT2D eigenvalue weighted by atomic mass is 10.1. The highest BCUT2D eigenvalue weighted by atomic mass is 35.5. The molecule has 124 valence electrons. The van der Waals surface area contributed by atoms with Gasteiger partial charge < -0.3 is 10.1 Å². The number of carbonyl (C=O) groups excluding carboxylic acids is 2. The number of esters is 1. The van der Waals surface area contributed by atoms with E-state index in [1.807, 2.05) is 12.1 Å². The second-order valence-corrected chi connectivity index (χ2v) is 5.51. The fraction of sp³-hybridized carbons (Fsp3) is 0.158. The number of ether oxygens (including phenoxy) is 1. The monoisotopic (exact) mass is 343 g/mol. The average Bonchev–Trinajstić information content (AvgIpc) is 2.56. The topological polar surface area (TPSA) is 55.4 Å². The number of carbonyl (C=O) groups is 2. The van der Waals surface area contributed by atoms with E-state index >= 15 is 0 Å². The fourth-order valence-electron chi connectivity index (χ4n) is 2.12. The van der Waals surface area contributed by atoms with Gasteiger partial charge in [-0.25, -0.2) is 4.79 Å². The summed E-state index contributed by atoms with van der Waals surface area (Å²) in [5.41, 5.74) is 2.55. The molecule has 0 heterocycles. The van der Waals surface area contributed by atoms with E-state index in [1.165, 1.54) is 6.08 Å². The average molecular weight is 344 g/mol. The van der Waals surface area contributed by atoms with Crippen LogP contribution in [0.25, 0.3) is 6.08 Å². The van der Waals surface area contributed by atoms with Gasteiger partial charge in [0, 0.05) is 16.8 Å². The third-order valence-corrected chi connectivity index (χ3v) is 3.64. The summed E-state index contributed by atoms with van der Waals surface area (Å²) in [7, 11) is 0. The van der Waals surface area contributed by atoms with Crippen molar-refractivity contribution in [1.29, 1.82) is 0 Å². The van der Waals surface area contributed by atoms with E-state index in [0.29, 0.717) is 28.4 Å². The number of hydrogen-bond acceptors (Lipinski definition) is 3. The molecule has 5 heteroatoms. The third-order valence-electron chi connectivity index (χ3n) is 3.38. The lowest BCUT2D eigenvalue weighted by Crippen LogP contribution is -2.12. The summed E-state index contributed by atoms with van der Waals surface area (Å²) < 4.78 is 5.01. The van der Waals surface area contributed by atoms with Crippen molar-refractivity contribution < 1.29 is 14.3 Å². The summed E-state index contributed by atoms with van der Waals surface area (Å²) >= 11 is 5.82. The first-order valence-corrected chi connectivity index (χ1v) is 7.90. The highest BCUT2D eigenvalue weighted by molar-refractivity contribution is 6.30. The maximum Gasteiger partial charge on any atom is 0.338 e. The first-order chi connectivity index (χ1) is 11.5. The molecule has 0 bridgehead atoms. The lowest BCUT2D eigenvalue weighted by Gasteiger charge is -2.10. The highest BCUT2D eigenvalue weighted by Crippen LogP contribution is 2.20. The standard InChI is InChI=1S/C19H18ClNO3/c1-3-24-19(23)16-5-4-6-17(13(16)2)21-18(22)12-9-14-7-10-15(20)11-8-14/h4-12H,3H2,1-2H3,(H,21,22)/b12-9+. The van der Waals surface area contributed by atoms with E-state index in [9.17, 15) is 9.59 Å². The van der Waals surface area contributed by atoms with Gasteiger partial charge in [-0.15, -0.1) is 0 Å². The van der Waals surface area contributed by atoms with E-state index in [1.54, 1.807) is 50.3 Å². The number of amides is 1. The molecule has 2 rings (SSSR count). The number of benzene rings is 2. The fourth-order valence-corrected chi connectivity index (χ4v) is 2.25. The van der Waals surface area contributed by atoms with Crippen molar-refractivity contribution >= 4 is 35.2 Å². The molecule has 0 radical (unpaired) electrons. The maximum atomic E-state index is 12.1. The zero-order valence-corrected chi connectivity index (χ0v) is 14.3. The Balaban J connectivity index is 2.10. The Morgan fingerprint density at radius 3 is 2.54 bits per heavy atom. The number of hydrogen-bond donors (Lipinski definition) is 1. The largest absolute Gasteiger partial charge is 0.462 e. The number of rotatable bonds is 5. The van der Waals surface area contributed by atoms with Gasteiger partial charge in [-0.05, 0) is 55.3 Å². The van der Waals surface area contributed by atoms with E-state index in [2.05, 4.69) is 5.32 Å². The summed E-state index contributed by atoms with van der Waals surface area (Å²) in [6, 6.07) is 12.3.